The lowest BCUT2D eigenvalue weighted by Gasteiger charge is -2.28. The summed E-state index contributed by atoms with van der Waals surface area (Å²) in [6, 6.07) is 0. The van der Waals surface area contributed by atoms with Gasteiger partial charge in [0.1, 0.15) is 0 Å². The molecular weight excluding hydrogens is 132 g/mol. The van der Waals surface area contributed by atoms with E-state index in [9.17, 15) is 0 Å². The lowest BCUT2D eigenvalue weighted by molar-refractivity contribution is -0.343. The summed E-state index contributed by atoms with van der Waals surface area (Å²) in [4.78, 5) is 0. The van der Waals surface area contributed by atoms with Gasteiger partial charge in [-0.3, -0.25) is 0 Å². The van der Waals surface area contributed by atoms with Gasteiger partial charge in [0.2, 0.25) is 0 Å². The van der Waals surface area contributed by atoms with Crippen molar-refractivity contribution in [1.29, 1.82) is 0 Å². The third kappa shape index (κ3) is 1.94. The summed E-state index contributed by atoms with van der Waals surface area (Å²) < 4.78 is 15.6. The maximum Gasteiger partial charge on any atom is 0.163 e. The first-order valence-corrected chi connectivity index (χ1v) is 3.75. The third-order valence-electron chi connectivity index (χ3n) is 1.48. The van der Waals surface area contributed by atoms with Crippen LogP contribution in [0.15, 0.2) is 0 Å². The second-order valence-corrected chi connectivity index (χ2v) is 2.26. The molecule has 1 aliphatic heterocycles. The van der Waals surface area contributed by atoms with Crippen LogP contribution >= 0.6 is 0 Å². The molecule has 0 radical (unpaired) electrons. The zero-order valence-corrected chi connectivity index (χ0v) is 6.50. The van der Waals surface area contributed by atoms with Crippen LogP contribution in [0.1, 0.15) is 26.7 Å². The summed E-state index contributed by atoms with van der Waals surface area (Å²) in [5.74, 6) is 0. The lowest BCUT2D eigenvalue weighted by Crippen LogP contribution is -2.33. The van der Waals surface area contributed by atoms with Gasteiger partial charge in [0.25, 0.3) is 0 Å². The van der Waals surface area contributed by atoms with Crippen molar-refractivity contribution in [2.75, 3.05) is 6.79 Å². The Morgan fingerprint density at radius 3 is 2.00 bits per heavy atom. The van der Waals surface area contributed by atoms with Crippen LogP contribution in [0.3, 0.4) is 0 Å². The van der Waals surface area contributed by atoms with Gasteiger partial charge in [-0.15, -0.1) is 0 Å². The Bertz CT molecular complexity index is 84.9. The molecule has 0 amide bonds. The van der Waals surface area contributed by atoms with Crippen molar-refractivity contribution in [3.05, 3.63) is 0 Å². The molecule has 60 valence electrons. The smallest absolute Gasteiger partial charge is 0.163 e. The number of hydrogen-bond donors (Lipinski definition) is 0. The van der Waals surface area contributed by atoms with E-state index < -0.39 is 0 Å². The highest BCUT2D eigenvalue weighted by Gasteiger charge is 2.19. The van der Waals surface area contributed by atoms with Crippen LogP contribution in [0.4, 0.5) is 0 Å². The first-order chi connectivity index (χ1) is 4.86. The molecule has 3 nitrogen and oxygen atoms in total. The van der Waals surface area contributed by atoms with Crippen LogP contribution < -0.4 is 0 Å². The highest BCUT2D eigenvalue weighted by molar-refractivity contribution is 4.47. The predicted molar refractivity (Wildman–Crippen MR) is 36.3 cm³/mol. The van der Waals surface area contributed by atoms with E-state index in [2.05, 4.69) is 0 Å². The Morgan fingerprint density at radius 2 is 1.60 bits per heavy atom. The second-order valence-electron chi connectivity index (χ2n) is 2.26. The minimum atomic E-state index is -0.0568. The van der Waals surface area contributed by atoms with Gasteiger partial charge < -0.3 is 14.2 Å². The van der Waals surface area contributed by atoms with Crippen molar-refractivity contribution in [2.24, 2.45) is 0 Å². The van der Waals surface area contributed by atoms with E-state index in [1.165, 1.54) is 0 Å². The summed E-state index contributed by atoms with van der Waals surface area (Å²) in [6.45, 7) is 4.43. The van der Waals surface area contributed by atoms with Gasteiger partial charge in [0.15, 0.2) is 19.4 Å². The fraction of sp³-hybridized carbons (Fsp3) is 1.00. The van der Waals surface area contributed by atoms with Crippen molar-refractivity contribution in [1.82, 2.24) is 0 Å². The maximum absolute atomic E-state index is 5.34. The van der Waals surface area contributed by atoms with Gasteiger partial charge in [0, 0.05) is 0 Å². The number of rotatable bonds is 2. The molecule has 1 aliphatic rings. The van der Waals surface area contributed by atoms with Crippen molar-refractivity contribution < 1.29 is 14.2 Å². The Balaban J connectivity index is 2.25. The van der Waals surface area contributed by atoms with E-state index in [1.807, 2.05) is 13.8 Å². The van der Waals surface area contributed by atoms with Gasteiger partial charge in [0.05, 0.1) is 0 Å². The molecule has 10 heavy (non-hydrogen) atoms. The molecule has 1 fully saturated rings. The van der Waals surface area contributed by atoms with Crippen molar-refractivity contribution >= 4 is 0 Å². The molecule has 0 aromatic rings. The molecule has 3 heteroatoms. The summed E-state index contributed by atoms with van der Waals surface area (Å²) in [7, 11) is 0. The van der Waals surface area contributed by atoms with Gasteiger partial charge in [-0.1, -0.05) is 13.8 Å². The van der Waals surface area contributed by atoms with Crippen LogP contribution in [0.2, 0.25) is 0 Å². The SMILES string of the molecule is CCC1OCOC(CC)O1. The molecule has 0 aliphatic carbocycles. The van der Waals surface area contributed by atoms with Gasteiger partial charge >= 0.3 is 0 Å². The van der Waals surface area contributed by atoms with Crippen LogP contribution in [0.25, 0.3) is 0 Å². The first-order valence-electron chi connectivity index (χ1n) is 3.75. The molecule has 0 spiro atoms. The summed E-state index contributed by atoms with van der Waals surface area (Å²) in [6.07, 6.45) is 1.66. The van der Waals surface area contributed by atoms with Crippen molar-refractivity contribution in [3.63, 3.8) is 0 Å². The molecule has 0 aromatic carbocycles. The van der Waals surface area contributed by atoms with Crippen LogP contribution in [0, 0.1) is 0 Å². The normalized spacial score (nSPS) is 34.2. The van der Waals surface area contributed by atoms with Crippen molar-refractivity contribution in [2.45, 2.75) is 39.3 Å². The van der Waals surface area contributed by atoms with E-state index in [0.717, 1.165) is 12.8 Å². The van der Waals surface area contributed by atoms with Crippen LogP contribution in [-0.2, 0) is 14.2 Å². The minimum absolute atomic E-state index is 0.0568. The predicted octanol–water partition coefficient (Wildman–Crippen LogP) is 1.48. The molecule has 2 atom stereocenters. The van der Waals surface area contributed by atoms with E-state index >= 15 is 0 Å². The minimum Gasteiger partial charge on any atom is -0.326 e. The van der Waals surface area contributed by atoms with E-state index in [4.69, 9.17) is 14.2 Å². The topological polar surface area (TPSA) is 27.7 Å². The first kappa shape index (κ1) is 7.98. The average Bonchev–Trinajstić information content (AvgIpc) is 2.05. The molecule has 1 saturated heterocycles. The zero-order valence-electron chi connectivity index (χ0n) is 6.50. The quantitative estimate of drug-likeness (QED) is 0.590. The largest absolute Gasteiger partial charge is 0.326 e. The third-order valence-corrected chi connectivity index (χ3v) is 1.48. The second kappa shape index (κ2) is 3.91. The highest BCUT2D eigenvalue weighted by Crippen LogP contribution is 2.13. The number of ether oxygens (including phenoxy) is 3. The van der Waals surface area contributed by atoms with E-state index in [0.29, 0.717) is 6.79 Å². The molecule has 0 aromatic heterocycles. The van der Waals surface area contributed by atoms with Gasteiger partial charge in [-0.25, -0.2) is 0 Å². The van der Waals surface area contributed by atoms with Crippen LogP contribution in [0.5, 0.6) is 0 Å². The molecule has 0 N–H and O–H groups in total. The fourth-order valence-electron chi connectivity index (χ4n) is 0.867. The molecule has 0 bridgehead atoms. The monoisotopic (exact) mass is 146 g/mol. The average molecular weight is 146 g/mol. The summed E-state index contributed by atoms with van der Waals surface area (Å²) >= 11 is 0. The Morgan fingerprint density at radius 1 is 1.10 bits per heavy atom. The highest BCUT2D eigenvalue weighted by atomic mass is 16.9. The number of hydrogen-bond acceptors (Lipinski definition) is 3. The summed E-state index contributed by atoms with van der Waals surface area (Å²) in [5, 5.41) is 0. The van der Waals surface area contributed by atoms with Gasteiger partial charge in [-0.05, 0) is 12.8 Å². The van der Waals surface area contributed by atoms with Crippen molar-refractivity contribution in [3.8, 4) is 0 Å². The molecule has 1 heterocycles. The molecular formula is C7H14O3. The summed E-state index contributed by atoms with van der Waals surface area (Å²) in [5.41, 5.74) is 0. The Labute approximate surface area is 61.3 Å². The maximum atomic E-state index is 5.34. The van der Waals surface area contributed by atoms with Crippen LogP contribution in [-0.4, -0.2) is 19.4 Å². The van der Waals surface area contributed by atoms with E-state index in [1.54, 1.807) is 0 Å². The standard InChI is InChI=1S/C7H14O3/c1-3-6-8-5-9-7(4-2)10-6/h6-7H,3-5H2,1-2H3. The molecule has 1 rings (SSSR count). The van der Waals surface area contributed by atoms with E-state index in [-0.39, 0.29) is 12.6 Å². The molecule has 0 saturated carbocycles. The molecule has 2 unspecified atom stereocenters. The lowest BCUT2D eigenvalue weighted by atomic mass is 10.4. The Kier molecular flexibility index (Phi) is 3.12. The van der Waals surface area contributed by atoms with Gasteiger partial charge in [-0.2, -0.15) is 0 Å². The fourth-order valence-corrected chi connectivity index (χ4v) is 0.867. The zero-order chi connectivity index (χ0) is 7.40. The Hall–Kier alpha value is -0.120.